The van der Waals surface area contributed by atoms with Gasteiger partial charge in [-0.1, -0.05) is 6.07 Å². The summed E-state index contributed by atoms with van der Waals surface area (Å²) in [5.74, 6) is -0.0394. The molecule has 0 radical (unpaired) electrons. The van der Waals surface area contributed by atoms with E-state index in [1.165, 1.54) is 33.3 Å². The standard InChI is InChI=1S/C16H20N2O4S2/c1-17(2)24(20,21)15-10-12(7-8-14(15)22-4)16(19)18(3)11-13-6-5-9-23-13/h5-10H,11H2,1-4H3. The van der Waals surface area contributed by atoms with Crippen LogP contribution in [0.1, 0.15) is 15.2 Å². The molecule has 1 amide bonds. The van der Waals surface area contributed by atoms with Crippen molar-refractivity contribution < 1.29 is 17.9 Å². The average Bonchev–Trinajstić information content (AvgIpc) is 3.06. The third-order valence-corrected chi connectivity index (χ3v) is 6.19. The van der Waals surface area contributed by atoms with Crippen molar-refractivity contribution in [2.75, 3.05) is 28.3 Å². The second kappa shape index (κ2) is 7.33. The van der Waals surface area contributed by atoms with E-state index in [9.17, 15) is 13.2 Å². The monoisotopic (exact) mass is 368 g/mol. The first kappa shape index (κ1) is 18.4. The third-order valence-electron chi connectivity index (χ3n) is 3.49. The average molecular weight is 368 g/mol. The van der Waals surface area contributed by atoms with Crippen LogP contribution in [0.4, 0.5) is 0 Å². The lowest BCUT2D eigenvalue weighted by Crippen LogP contribution is -2.27. The molecule has 0 saturated carbocycles. The zero-order valence-corrected chi connectivity index (χ0v) is 15.6. The van der Waals surface area contributed by atoms with E-state index in [0.29, 0.717) is 12.1 Å². The molecule has 24 heavy (non-hydrogen) atoms. The van der Waals surface area contributed by atoms with Crippen molar-refractivity contribution in [3.63, 3.8) is 0 Å². The van der Waals surface area contributed by atoms with E-state index in [2.05, 4.69) is 0 Å². The van der Waals surface area contributed by atoms with Gasteiger partial charge in [0.15, 0.2) is 0 Å². The summed E-state index contributed by atoms with van der Waals surface area (Å²) in [6, 6.07) is 8.31. The first-order valence-electron chi connectivity index (χ1n) is 7.15. The van der Waals surface area contributed by atoms with Crippen molar-refractivity contribution in [3.05, 3.63) is 46.2 Å². The molecule has 0 aliphatic carbocycles. The van der Waals surface area contributed by atoms with Crippen LogP contribution in [0.2, 0.25) is 0 Å². The number of carbonyl (C=O) groups excluding carboxylic acids is 1. The highest BCUT2D eigenvalue weighted by molar-refractivity contribution is 7.89. The minimum Gasteiger partial charge on any atom is -0.495 e. The molecule has 1 aromatic carbocycles. The van der Waals surface area contributed by atoms with Gasteiger partial charge >= 0.3 is 0 Å². The van der Waals surface area contributed by atoms with Gasteiger partial charge in [-0.3, -0.25) is 4.79 Å². The van der Waals surface area contributed by atoms with E-state index in [1.807, 2.05) is 17.5 Å². The Labute approximate surface area is 146 Å². The molecule has 0 atom stereocenters. The van der Waals surface area contributed by atoms with Gasteiger partial charge in [-0.25, -0.2) is 12.7 Å². The van der Waals surface area contributed by atoms with Crippen LogP contribution in [-0.4, -0.2) is 51.8 Å². The number of benzene rings is 1. The first-order valence-corrected chi connectivity index (χ1v) is 9.47. The second-order valence-corrected chi connectivity index (χ2v) is 8.55. The quantitative estimate of drug-likeness (QED) is 0.785. The number of rotatable bonds is 6. The van der Waals surface area contributed by atoms with Crippen LogP contribution < -0.4 is 4.74 Å². The summed E-state index contributed by atoms with van der Waals surface area (Å²) in [4.78, 5) is 15.2. The van der Waals surface area contributed by atoms with Crippen LogP contribution in [0.25, 0.3) is 0 Å². The highest BCUT2D eigenvalue weighted by Crippen LogP contribution is 2.27. The molecule has 6 nitrogen and oxygen atoms in total. The number of nitrogens with zero attached hydrogens (tertiary/aromatic N) is 2. The van der Waals surface area contributed by atoms with Gasteiger partial charge in [0.25, 0.3) is 5.91 Å². The van der Waals surface area contributed by atoms with Crippen molar-refractivity contribution in [1.29, 1.82) is 0 Å². The van der Waals surface area contributed by atoms with Gasteiger partial charge in [-0.15, -0.1) is 11.3 Å². The van der Waals surface area contributed by atoms with E-state index in [1.54, 1.807) is 29.4 Å². The summed E-state index contributed by atoms with van der Waals surface area (Å²) in [7, 11) is 2.25. The van der Waals surface area contributed by atoms with Crippen LogP contribution in [-0.2, 0) is 16.6 Å². The summed E-state index contributed by atoms with van der Waals surface area (Å²) in [5.41, 5.74) is 0.301. The van der Waals surface area contributed by atoms with Gasteiger partial charge in [-0.05, 0) is 29.6 Å². The van der Waals surface area contributed by atoms with Crippen LogP contribution in [0.15, 0.2) is 40.6 Å². The van der Waals surface area contributed by atoms with Gasteiger partial charge in [0.05, 0.1) is 13.7 Å². The lowest BCUT2D eigenvalue weighted by Gasteiger charge is -2.19. The van der Waals surface area contributed by atoms with E-state index in [-0.39, 0.29) is 16.6 Å². The summed E-state index contributed by atoms with van der Waals surface area (Å²) in [6.07, 6.45) is 0. The molecule has 2 aromatic rings. The molecule has 0 aliphatic heterocycles. The normalized spacial score (nSPS) is 11.5. The van der Waals surface area contributed by atoms with Crippen LogP contribution in [0, 0.1) is 0 Å². The Morgan fingerprint density at radius 2 is 1.92 bits per heavy atom. The lowest BCUT2D eigenvalue weighted by atomic mass is 10.2. The number of carbonyl (C=O) groups is 1. The van der Waals surface area contributed by atoms with E-state index in [4.69, 9.17) is 4.74 Å². The molecule has 0 bridgehead atoms. The maximum absolute atomic E-state index is 12.6. The number of hydrogen-bond acceptors (Lipinski definition) is 5. The Balaban J connectivity index is 2.36. The Kier molecular flexibility index (Phi) is 5.63. The molecular formula is C16H20N2O4S2. The smallest absolute Gasteiger partial charge is 0.253 e. The van der Waals surface area contributed by atoms with Gasteiger partial charge in [0, 0.05) is 31.6 Å². The molecule has 0 N–H and O–H groups in total. The van der Waals surface area contributed by atoms with Crippen LogP contribution >= 0.6 is 11.3 Å². The molecule has 130 valence electrons. The topological polar surface area (TPSA) is 66.9 Å². The predicted octanol–water partition coefficient (Wildman–Crippen LogP) is 2.28. The van der Waals surface area contributed by atoms with Gasteiger partial charge < -0.3 is 9.64 Å². The molecule has 0 saturated heterocycles. The van der Waals surface area contributed by atoms with Crippen molar-refractivity contribution in [1.82, 2.24) is 9.21 Å². The zero-order chi connectivity index (χ0) is 17.9. The molecule has 1 aromatic heterocycles. The number of ether oxygens (including phenoxy) is 1. The minimum absolute atomic E-state index is 0.0228. The minimum atomic E-state index is -3.71. The zero-order valence-electron chi connectivity index (χ0n) is 14.0. The summed E-state index contributed by atoms with van der Waals surface area (Å²) in [6.45, 7) is 0.471. The molecular weight excluding hydrogens is 348 g/mol. The molecule has 1 heterocycles. The van der Waals surface area contributed by atoms with Gasteiger partial charge in [0.2, 0.25) is 10.0 Å². The van der Waals surface area contributed by atoms with E-state index in [0.717, 1.165) is 9.18 Å². The SMILES string of the molecule is COc1ccc(C(=O)N(C)Cc2cccs2)cc1S(=O)(=O)N(C)C. The third kappa shape index (κ3) is 3.77. The molecule has 0 aliphatic rings. The maximum Gasteiger partial charge on any atom is 0.253 e. The number of hydrogen-bond donors (Lipinski definition) is 0. The van der Waals surface area contributed by atoms with Crippen molar-refractivity contribution in [2.24, 2.45) is 0 Å². The number of thiophene rings is 1. The molecule has 2 rings (SSSR count). The molecule has 0 unspecified atom stereocenters. The maximum atomic E-state index is 12.6. The summed E-state index contributed by atoms with van der Waals surface area (Å²) in [5, 5.41) is 1.95. The van der Waals surface area contributed by atoms with Gasteiger partial charge in [-0.2, -0.15) is 0 Å². The summed E-state index contributed by atoms with van der Waals surface area (Å²) >= 11 is 1.56. The Morgan fingerprint density at radius 3 is 2.46 bits per heavy atom. The van der Waals surface area contributed by atoms with E-state index >= 15 is 0 Å². The summed E-state index contributed by atoms with van der Waals surface area (Å²) < 4.78 is 31.1. The largest absolute Gasteiger partial charge is 0.495 e. The second-order valence-electron chi connectivity index (χ2n) is 5.39. The Hall–Kier alpha value is -1.90. The van der Waals surface area contributed by atoms with E-state index < -0.39 is 10.0 Å². The van der Waals surface area contributed by atoms with Crippen molar-refractivity contribution in [3.8, 4) is 5.75 Å². The Morgan fingerprint density at radius 1 is 1.21 bits per heavy atom. The number of methoxy groups -OCH3 is 1. The fraction of sp³-hybridized carbons (Fsp3) is 0.312. The fourth-order valence-corrected chi connectivity index (χ4v) is 3.97. The van der Waals surface area contributed by atoms with Crippen molar-refractivity contribution >= 4 is 27.3 Å². The Bertz CT molecular complexity index is 815. The molecule has 8 heteroatoms. The highest BCUT2D eigenvalue weighted by atomic mass is 32.2. The lowest BCUT2D eigenvalue weighted by molar-refractivity contribution is 0.0786. The van der Waals surface area contributed by atoms with Crippen LogP contribution in [0.3, 0.4) is 0 Å². The van der Waals surface area contributed by atoms with Gasteiger partial charge in [0.1, 0.15) is 10.6 Å². The van der Waals surface area contributed by atoms with Crippen molar-refractivity contribution in [2.45, 2.75) is 11.4 Å². The first-order chi connectivity index (χ1) is 11.3. The van der Waals surface area contributed by atoms with Crippen LogP contribution in [0.5, 0.6) is 5.75 Å². The number of amides is 1. The predicted molar refractivity (Wildman–Crippen MR) is 94.0 cm³/mol. The highest BCUT2D eigenvalue weighted by Gasteiger charge is 2.24. The molecule has 0 fully saturated rings. The number of sulfonamides is 1. The fourth-order valence-electron chi connectivity index (χ4n) is 2.14. The molecule has 0 spiro atoms.